The summed E-state index contributed by atoms with van der Waals surface area (Å²) in [7, 11) is 0. The number of carbonyl (C=O) groups is 2. The van der Waals surface area contributed by atoms with Crippen LogP contribution < -0.4 is 10.1 Å². The molecule has 2 aromatic rings. The van der Waals surface area contributed by atoms with E-state index < -0.39 is 24.6 Å². The van der Waals surface area contributed by atoms with Gasteiger partial charge in [0.2, 0.25) is 0 Å². The van der Waals surface area contributed by atoms with E-state index in [9.17, 15) is 9.59 Å². The number of para-hydroxylation sites is 1. The molecule has 0 aromatic heterocycles. The molecule has 0 fully saturated rings. The van der Waals surface area contributed by atoms with Gasteiger partial charge in [0.1, 0.15) is 5.75 Å². The first-order valence-electron chi connectivity index (χ1n) is 8.05. The summed E-state index contributed by atoms with van der Waals surface area (Å²) in [5.41, 5.74) is 1.06. The Hall–Kier alpha value is -2.24. The van der Waals surface area contributed by atoms with Crippen LogP contribution in [-0.4, -0.2) is 24.6 Å². The first kappa shape index (κ1) is 20.1. The Morgan fingerprint density at radius 1 is 1.12 bits per heavy atom. The van der Waals surface area contributed by atoms with Crippen LogP contribution in [0.25, 0.3) is 0 Å². The fourth-order valence-corrected chi connectivity index (χ4v) is 2.60. The van der Waals surface area contributed by atoms with Crippen LogP contribution in [0.15, 0.2) is 42.5 Å². The van der Waals surface area contributed by atoms with E-state index in [1.165, 1.54) is 0 Å². The minimum absolute atomic E-state index is 0.293. The predicted octanol–water partition coefficient (Wildman–Crippen LogP) is 4.64. The number of aryl methyl sites for hydroxylation is 1. The van der Waals surface area contributed by atoms with Crippen LogP contribution in [0.4, 0.5) is 5.69 Å². The Balaban J connectivity index is 1.92. The quantitative estimate of drug-likeness (QED) is 0.693. The molecular weight excluding hydrogens is 377 g/mol. The van der Waals surface area contributed by atoms with Crippen molar-refractivity contribution < 1.29 is 19.1 Å². The molecule has 0 aliphatic heterocycles. The Bertz CT molecular complexity index is 781. The fraction of sp³-hybridized carbons (Fsp3) is 0.263. The monoisotopic (exact) mass is 395 g/mol. The molecular formula is C19H19Cl2NO4. The van der Waals surface area contributed by atoms with Gasteiger partial charge in [-0.05, 0) is 37.1 Å². The van der Waals surface area contributed by atoms with Crippen LogP contribution in [0.5, 0.6) is 5.75 Å². The molecule has 0 bridgehead atoms. The molecule has 2 rings (SSSR count). The van der Waals surface area contributed by atoms with Gasteiger partial charge in [-0.2, -0.15) is 0 Å². The van der Waals surface area contributed by atoms with E-state index in [1.807, 2.05) is 6.07 Å². The zero-order valence-corrected chi connectivity index (χ0v) is 15.9. The summed E-state index contributed by atoms with van der Waals surface area (Å²) in [5, 5.41) is 3.21. The van der Waals surface area contributed by atoms with E-state index >= 15 is 0 Å². The second-order valence-corrected chi connectivity index (χ2v) is 6.32. The maximum atomic E-state index is 12.1. The molecule has 0 radical (unpaired) electrons. The van der Waals surface area contributed by atoms with Gasteiger partial charge in [-0.1, -0.05) is 54.4 Å². The van der Waals surface area contributed by atoms with Gasteiger partial charge in [-0.25, -0.2) is 4.79 Å². The lowest BCUT2D eigenvalue weighted by Gasteiger charge is -2.16. The van der Waals surface area contributed by atoms with Crippen LogP contribution in [-0.2, 0) is 14.3 Å². The third-order valence-electron chi connectivity index (χ3n) is 3.55. The van der Waals surface area contributed by atoms with Crippen molar-refractivity contribution in [2.45, 2.75) is 26.4 Å². The molecule has 138 valence electrons. The SMILES string of the molecule is CC[C@H](Oc1ccccc1)C(=O)OCC(=O)Nc1c(Cl)ccc(C)c1Cl. The van der Waals surface area contributed by atoms with E-state index in [1.54, 1.807) is 50.2 Å². The second-order valence-electron chi connectivity index (χ2n) is 5.54. The lowest BCUT2D eigenvalue weighted by Crippen LogP contribution is -2.31. The van der Waals surface area contributed by atoms with Gasteiger partial charge in [0.25, 0.3) is 5.91 Å². The van der Waals surface area contributed by atoms with Crippen molar-refractivity contribution in [1.82, 2.24) is 0 Å². The summed E-state index contributed by atoms with van der Waals surface area (Å²) in [6.45, 7) is 3.12. The number of anilines is 1. The number of ether oxygens (including phenoxy) is 2. The zero-order chi connectivity index (χ0) is 19.1. The highest BCUT2D eigenvalue weighted by atomic mass is 35.5. The van der Waals surface area contributed by atoms with Gasteiger partial charge in [0, 0.05) is 0 Å². The van der Waals surface area contributed by atoms with E-state index in [4.69, 9.17) is 32.7 Å². The second kappa shape index (κ2) is 9.46. The third kappa shape index (κ3) is 5.38. The molecule has 0 aliphatic carbocycles. The summed E-state index contributed by atoms with van der Waals surface area (Å²) in [4.78, 5) is 24.2. The number of amides is 1. The summed E-state index contributed by atoms with van der Waals surface area (Å²) < 4.78 is 10.6. The van der Waals surface area contributed by atoms with Crippen LogP contribution in [0.1, 0.15) is 18.9 Å². The summed E-state index contributed by atoms with van der Waals surface area (Å²) >= 11 is 12.2. The molecule has 0 spiro atoms. The number of benzene rings is 2. The van der Waals surface area contributed by atoms with Crippen molar-refractivity contribution in [2.24, 2.45) is 0 Å². The van der Waals surface area contributed by atoms with E-state index in [0.29, 0.717) is 27.9 Å². The minimum Gasteiger partial charge on any atom is -0.479 e. The van der Waals surface area contributed by atoms with Crippen LogP contribution in [0, 0.1) is 6.92 Å². The van der Waals surface area contributed by atoms with E-state index in [-0.39, 0.29) is 0 Å². The molecule has 0 heterocycles. The Labute approximate surface area is 162 Å². The third-order valence-corrected chi connectivity index (χ3v) is 4.35. The molecule has 26 heavy (non-hydrogen) atoms. The van der Waals surface area contributed by atoms with Crippen molar-refractivity contribution in [1.29, 1.82) is 0 Å². The molecule has 0 saturated carbocycles. The first-order chi connectivity index (χ1) is 12.4. The van der Waals surface area contributed by atoms with Gasteiger partial charge in [-0.3, -0.25) is 4.79 Å². The van der Waals surface area contributed by atoms with Gasteiger partial charge < -0.3 is 14.8 Å². The molecule has 0 aliphatic rings. The predicted molar refractivity (Wildman–Crippen MR) is 102 cm³/mol. The Morgan fingerprint density at radius 3 is 2.46 bits per heavy atom. The number of hydrogen-bond acceptors (Lipinski definition) is 4. The number of hydrogen-bond donors (Lipinski definition) is 1. The summed E-state index contributed by atoms with van der Waals surface area (Å²) in [6, 6.07) is 12.3. The highest BCUT2D eigenvalue weighted by Crippen LogP contribution is 2.32. The van der Waals surface area contributed by atoms with Crippen LogP contribution >= 0.6 is 23.2 Å². The molecule has 2 aromatic carbocycles. The minimum atomic E-state index is -0.795. The molecule has 1 N–H and O–H groups in total. The average molecular weight is 396 g/mol. The van der Waals surface area contributed by atoms with Crippen LogP contribution in [0.3, 0.4) is 0 Å². The number of esters is 1. The maximum absolute atomic E-state index is 12.1. The largest absolute Gasteiger partial charge is 0.479 e. The van der Waals surface area contributed by atoms with Crippen molar-refractivity contribution in [3.8, 4) is 5.75 Å². The number of carbonyl (C=O) groups excluding carboxylic acids is 2. The molecule has 5 nitrogen and oxygen atoms in total. The lowest BCUT2D eigenvalue weighted by molar-refractivity contribution is -0.154. The number of nitrogens with one attached hydrogen (secondary N) is 1. The fourth-order valence-electron chi connectivity index (χ4n) is 2.14. The van der Waals surface area contributed by atoms with E-state index in [0.717, 1.165) is 5.56 Å². The molecule has 1 amide bonds. The smallest absolute Gasteiger partial charge is 0.347 e. The summed E-state index contributed by atoms with van der Waals surface area (Å²) in [5.74, 6) is -0.602. The van der Waals surface area contributed by atoms with Crippen molar-refractivity contribution >= 4 is 40.8 Å². The highest BCUT2D eigenvalue weighted by molar-refractivity contribution is 6.40. The van der Waals surface area contributed by atoms with Crippen molar-refractivity contribution in [3.63, 3.8) is 0 Å². The van der Waals surface area contributed by atoms with Crippen molar-refractivity contribution in [2.75, 3.05) is 11.9 Å². The molecule has 0 unspecified atom stereocenters. The summed E-state index contributed by atoms with van der Waals surface area (Å²) in [6.07, 6.45) is -0.387. The standard InChI is InChI=1S/C19H19Cl2NO4/c1-3-15(26-13-7-5-4-6-8-13)19(24)25-11-16(23)22-18-14(20)10-9-12(2)17(18)21/h4-10,15H,3,11H2,1-2H3,(H,22,23)/t15-/m0/s1. The average Bonchev–Trinajstić information content (AvgIpc) is 2.65. The van der Waals surface area contributed by atoms with Gasteiger partial charge >= 0.3 is 5.97 Å². The Kier molecular flexibility index (Phi) is 7.30. The number of halogens is 2. The molecule has 7 heteroatoms. The van der Waals surface area contributed by atoms with Gasteiger partial charge in [0.15, 0.2) is 12.7 Å². The topological polar surface area (TPSA) is 64.6 Å². The van der Waals surface area contributed by atoms with Crippen LogP contribution in [0.2, 0.25) is 10.0 Å². The van der Waals surface area contributed by atoms with Gasteiger partial charge in [-0.15, -0.1) is 0 Å². The molecule has 1 atom stereocenters. The molecule has 0 saturated heterocycles. The number of rotatable bonds is 7. The maximum Gasteiger partial charge on any atom is 0.347 e. The zero-order valence-electron chi connectivity index (χ0n) is 14.4. The highest BCUT2D eigenvalue weighted by Gasteiger charge is 2.21. The normalized spacial score (nSPS) is 11.5. The van der Waals surface area contributed by atoms with E-state index in [2.05, 4.69) is 5.32 Å². The van der Waals surface area contributed by atoms with Gasteiger partial charge in [0.05, 0.1) is 15.7 Å². The lowest BCUT2D eigenvalue weighted by atomic mass is 10.2. The first-order valence-corrected chi connectivity index (χ1v) is 8.80. The Morgan fingerprint density at radius 2 is 1.81 bits per heavy atom. The van der Waals surface area contributed by atoms with Crippen molar-refractivity contribution in [3.05, 3.63) is 58.1 Å².